The van der Waals surface area contributed by atoms with Crippen LogP contribution in [0.5, 0.6) is 0 Å². The van der Waals surface area contributed by atoms with Gasteiger partial charge in [-0.25, -0.2) is 8.42 Å². The van der Waals surface area contributed by atoms with Crippen molar-refractivity contribution >= 4 is 26.8 Å². The Bertz CT molecular complexity index is 1350. The summed E-state index contributed by atoms with van der Waals surface area (Å²) in [6.45, 7) is 14.8. The molecule has 30 heavy (non-hydrogen) atoms. The van der Waals surface area contributed by atoms with Crippen LogP contribution in [0.15, 0.2) is 28.8 Å². The fourth-order valence-electron chi connectivity index (χ4n) is 5.17. The van der Waals surface area contributed by atoms with Gasteiger partial charge in [-0.05, 0) is 91.6 Å². The molecule has 0 radical (unpaired) electrons. The Morgan fingerprint density at radius 3 is 2.27 bits per heavy atom. The maximum absolute atomic E-state index is 13.0. The van der Waals surface area contributed by atoms with E-state index in [0.29, 0.717) is 4.90 Å². The zero-order chi connectivity index (χ0) is 22.2. The first-order valence-corrected chi connectivity index (χ1v) is 12.4. The third kappa shape index (κ3) is 2.88. The molecule has 158 valence electrons. The van der Waals surface area contributed by atoms with Crippen LogP contribution in [0.2, 0.25) is 0 Å². The molecule has 4 rings (SSSR count). The zero-order valence-electron chi connectivity index (χ0n) is 19.2. The predicted octanol–water partition coefficient (Wildman–Crippen LogP) is 6.03. The molecular weight excluding hydrogens is 390 g/mol. The molecule has 1 heterocycles. The molecule has 0 aliphatic heterocycles. The van der Waals surface area contributed by atoms with Crippen molar-refractivity contribution in [3.8, 4) is 0 Å². The summed E-state index contributed by atoms with van der Waals surface area (Å²) in [6.07, 6.45) is 6.40. The van der Waals surface area contributed by atoms with Gasteiger partial charge in [-0.15, -0.1) is 0 Å². The molecule has 0 unspecified atom stereocenters. The SMILES string of the molecule is Cc1cc2c(c(C)c1C)C=C(C(C)(C)c1c(S(C)(=O)=O)c(C)c(C)c3[nH]ccc13)C2. The Morgan fingerprint density at radius 2 is 1.63 bits per heavy atom. The smallest absolute Gasteiger partial charge is 0.176 e. The monoisotopic (exact) mass is 421 g/mol. The van der Waals surface area contributed by atoms with Gasteiger partial charge in [0.15, 0.2) is 9.84 Å². The van der Waals surface area contributed by atoms with E-state index in [1.165, 1.54) is 39.6 Å². The van der Waals surface area contributed by atoms with E-state index in [1.807, 2.05) is 26.1 Å². The van der Waals surface area contributed by atoms with Crippen LogP contribution in [0.1, 0.15) is 58.4 Å². The number of sulfone groups is 1. The fourth-order valence-corrected chi connectivity index (χ4v) is 6.61. The molecule has 0 amide bonds. The van der Waals surface area contributed by atoms with Crippen molar-refractivity contribution in [2.24, 2.45) is 0 Å². The first kappa shape index (κ1) is 20.9. The van der Waals surface area contributed by atoms with Crippen LogP contribution in [-0.4, -0.2) is 19.7 Å². The van der Waals surface area contributed by atoms with Crippen LogP contribution in [0.3, 0.4) is 0 Å². The quantitative estimate of drug-likeness (QED) is 0.561. The number of hydrogen-bond acceptors (Lipinski definition) is 2. The van der Waals surface area contributed by atoms with E-state index in [-0.39, 0.29) is 0 Å². The molecule has 0 atom stereocenters. The summed E-state index contributed by atoms with van der Waals surface area (Å²) in [5, 5.41) is 1.00. The van der Waals surface area contributed by atoms with Crippen LogP contribution < -0.4 is 0 Å². The van der Waals surface area contributed by atoms with Crippen LogP contribution in [-0.2, 0) is 21.7 Å². The third-order valence-electron chi connectivity index (χ3n) is 7.31. The molecule has 4 heteroatoms. The van der Waals surface area contributed by atoms with Crippen LogP contribution in [0.25, 0.3) is 17.0 Å². The molecule has 1 aliphatic rings. The summed E-state index contributed by atoms with van der Waals surface area (Å²) in [4.78, 5) is 3.82. The number of H-pyrrole nitrogens is 1. The van der Waals surface area contributed by atoms with Crippen molar-refractivity contribution in [2.45, 2.75) is 65.2 Å². The number of aryl methyl sites for hydroxylation is 2. The van der Waals surface area contributed by atoms with E-state index in [9.17, 15) is 8.42 Å². The summed E-state index contributed by atoms with van der Waals surface area (Å²) in [7, 11) is -3.40. The zero-order valence-corrected chi connectivity index (χ0v) is 20.1. The van der Waals surface area contributed by atoms with E-state index in [2.05, 4.69) is 51.7 Å². The second-order valence-electron chi connectivity index (χ2n) is 9.48. The summed E-state index contributed by atoms with van der Waals surface area (Å²) in [5.74, 6) is 0. The van der Waals surface area contributed by atoms with Gasteiger partial charge < -0.3 is 4.98 Å². The lowest BCUT2D eigenvalue weighted by atomic mass is 9.74. The van der Waals surface area contributed by atoms with E-state index in [4.69, 9.17) is 0 Å². The Kier molecular flexibility index (Phi) is 4.59. The van der Waals surface area contributed by atoms with Gasteiger partial charge in [0.05, 0.1) is 4.90 Å². The van der Waals surface area contributed by atoms with Crippen molar-refractivity contribution in [3.05, 3.63) is 68.4 Å². The number of benzene rings is 2. The molecule has 0 saturated carbocycles. The van der Waals surface area contributed by atoms with Gasteiger partial charge in [-0.1, -0.05) is 31.6 Å². The predicted molar refractivity (Wildman–Crippen MR) is 126 cm³/mol. The third-order valence-corrected chi connectivity index (χ3v) is 8.57. The minimum atomic E-state index is -3.40. The largest absolute Gasteiger partial charge is 0.361 e. The molecule has 1 aromatic heterocycles. The molecule has 0 saturated heterocycles. The van der Waals surface area contributed by atoms with E-state index >= 15 is 0 Å². The van der Waals surface area contributed by atoms with Crippen LogP contribution >= 0.6 is 0 Å². The molecule has 3 nitrogen and oxygen atoms in total. The number of aromatic amines is 1. The van der Waals surface area contributed by atoms with Crippen LogP contribution in [0.4, 0.5) is 0 Å². The topological polar surface area (TPSA) is 49.9 Å². The van der Waals surface area contributed by atoms with E-state index in [1.54, 1.807) is 0 Å². The van der Waals surface area contributed by atoms with Gasteiger partial charge in [-0.3, -0.25) is 0 Å². The van der Waals surface area contributed by atoms with Gasteiger partial charge in [0.25, 0.3) is 0 Å². The fraction of sp³-hybridized carbons (Fsp3) is 0.385. The molecule has 1 aliphatic carbocycles. The number of hydrogen-bond donors (Lipinski definition) is 1. The van der Waals surface area contributed by atoms with Crippen LogP contribution in [0, 0.1) is 34.6 Å². The highest BCUT2D eigenvalue weighted by Gasteiger charge is 2.37. The minimum Gasteiger partial charge on any atom is -0.361 e. The van der Waals surface area contributed by atoms with E-state index in [0.717, 1.165) is 34.0 Å². The first-order chi connectivity index (χ1) is 13.9. The van der Waals surface area contributed by atoms with Gasteiger partial charge in [0, 0.05) is 28.8 Å². The standard InChI is InChI=1S/C26H31NO2S/c1-14-11-19-12-20(13-22(19)16(3)15(14)2)26(6,7)23-21-9-10-27-24(21)17(4)18(5)25(23)30(8,28)29/h9-11,13,27H,12H2,1-8H3. The van der Waals surface area contributed by atoms with Gasteiger partial charge in [-0.2, -0.15) is 0 Å². The van der Waals surface area contributed by atoms with Crippen molar-refractivity contribution < 1.29 is 8.42 Å². The van der Waals surface area contributed by atoms with Crippen molar-refractivity contribution in [1.82, 2.24) is 4.98 Å². The van der Waals surface area contributed by atoms with Crippen molar-refractivity contribution in [1.29, 1.82) is 0 Å². The lowest BCUT2D eigenvalue weighted by Crippen LogP contribution is -2.25. The average Bonchev–Trinajstić information content (AvgIpc) is 3.29. The lowest BCUT2D eigenvalue weighted by Gasteiger charge is -2.31. The highest BCUT2D eigenvalue weighted by Crippen LogP contribution is 2.47. The molecule has 3 aromatic rings. The average molecular weight is 422 g/mol. The maximum Gasteiger partial charge on any atom is 0.176 e. The number of rotatable bonds is 3. The lowest BCUT2D eigenvalue weighted by molar-refractivity contribution is 0.581. The summed E-state index contributed by atoms with van der Waals surface area (Å²) in [5.41, 5.74) is 11.2. The van der Waals surface area contributed by atoms with Gasteiger partial charge in [0.2, 0.25) is 0 Å². The Balaban J connectivity index is 2.02. The van der Waals surface area contributed by atoms with Gasteiger partial charge >= 0.3 is 0 Å². The molecule has 0 bridgehead atoms. The molecule has 0 spiro atoms. The molecular formula is C26H31NO2S. The Hall–Kier alpha value is -2.33. The summed E-state index contributed by atoms with van der Waals surface area (Å²) < 4.78 is 26.0. The maximum atomic E-state index is 13.0. The second-order valence-corrected chi connectivity index (χ2v) is 11.4. The molecule has 0 fully saturated rings. The number of fused-ring (bicyclic) bond motifs is 2. The number of allylic oxidation sites excluding steroid dienone is 1. The Labute approximate surface area is 180 Å². The second kappa shape index (κ2) is 6.58. The molecule has 2 aromatic carbocycles. The van der Waals surface area contributed by atoms with E-state index < -0.39 is 15.3 Å². The minimum absolute atomic E-state index is 0.426. The first-order valence-electron chi connectivity index (χ1n) is 10.5. The number of nitrogens with one attached hydrogen (secondary N) is 1. The van der Waals surface area contributed by atoms with Crippen molar-refractivity contribution in [2.75, 3.05) is 6.26 Å². The summed E-state index contributed by atoms with van der Waals surface area (Å²) >= 11 is 0. The van der Waals surface area contributed by atoms with Gasteiger partial charge in [0.1, 0.15) is 0 Å². The highest BCUT2D eigenvalue weighted by atomic mass is 32.2. The number of aromatic nitrogens is 1. The Morgan fingerprint density at radius 1 is 0.967 bits per heavy atom. The highest BCUT2D eigenvalue weighted by molar-refractivity contribution is 7.90. The summed E-state index contributed by atoms with van der Waals surface area (Å²) in [6, 6.07) is 4.32. The normalized spacial score (nSPS) is 14.3. The van der Waals surface area contributed by atoms with Crippen molar-refractivity contribution in [3.63, 3.8) is 0 Å². The molecule has 1 N–H and O–H groups in total.